The summed E-state index contributed by atoms with van der Waals surface area (Å²) in [6.07, 6.45) is 5.14. The Morgan fingerprint density at radius 3 is 2.68 bits per heavy atom. The molecular formula is C14H15Cl2N3O2S. The Bertz CT molecular complexity index is 800. The summed E-state index contributed by atoms with van der Waals surface area (Å²) in [5, 5.41) is 0.519. The molecule has 0 bridgehead atoms. The molecule has 0 unspecified atom stereocenters. The van der Waals surface area contributed by atoms with Crippen molar-refractivity contribution in [2.45, 2.75) is 30.3 Å². The summed E-state index contributed by atoms with van der Waals surface area (Å²) < 4.78 is 29.2. The highest BCUT2D eigenvalue weighted by atomic mass is 35.5. The molecule has 1 aromatic carbocycles. The third-order valence-electron chi connectivity index (χ3n) is 3.65. The van der Waals surface area contributed by atoms with E-state index in [9.17, 15) is 8.42 Å². The minimum Gasteiger partial charge on any atom is -0.337 e. The molecule has 0 amide bonds. The van der Waals surface area contributed by atoms with E-state index in [1.54, 1.807) is 18.5 Å². The fourth-order valence-corrected chi connectivity index (χ4v) is 4.64. The quantitative estimate of drug-likeness (QED) is 0.824. The van der Waals surface area contributed by atoms with Crippen LogP contribution in [0, 0.1) is 0 Å². The topological polar surface area (TPSA) is 55.2 Å². The molecule has 2 aromatic rings. The van der Waals surface area contributed by atoms with Gasteiger partial charge in [-0.2, -0.15) is 4.31 Å². The van der Waals surface area contributed by atoms with Gasteiger partial charge in [-0.15, -0.1) is 0 Å². The second-order valence-electron chi connectivity index (χ2n) is 5.31. The van der Waals surface area contributed by atoms with Gasteiger partial charge in [0.15, 0.2) is 0 Å². The van der Waals surface area contributed by atoms with E-state index in [2.05, 4.69) is 4.98 Å². The van der Waals surface area contributed by atoms with Gasteiger partial charge in [-0.1, -0.05) is 23.2 Å². The standard InChI is InChI=1S/C14H15Cl2N3O2S/c1-18-7-6-17-14(18)9-19(11-3-4-11)22(20,21)13-8-10(15)2-5-12(13)16/h2,5-8,11H,3-4,9H2,1H3. The zero-order chi connectivity index (χ0) is 15.9. The van der Waals surface area contributed by atoms with Crippen molar-refractivity contribution in [3.05, 3.63) is 46.5 Å². The number of hydrogen-bond donors (Lipinski definition) is 0. The summed E-state index contributed by atoms with van der Waals surface area (Å²) in [5.74, 6) is 0.689. The predicted molar refractivity (Wildman–Crippen MR) is 85.4 cm³/mol. The molecule has 1 fully saturated rings. The summed E-state index contributed by atoms with van der Waals surface area (Å²) in [7, 11) is -1.88. The second kappa shape index (κ2) is 5.85. The molecule has 1 aromatic heterocycles. The van der Waals surface area contributed by atoms with Crippen LogP contribution in [0.3, 0.4) is 0 Å². The Morgan fingerprint density at radius 2 is 2.09 bits per heavy atom. The Hall–Kier alpha value is -1.08. The molecule has 0 aliphatic heterocycles. The molecule has 0 atom stereocenters. The highest BCUT2D eigenvalue weighted by molar-refractivity contribution is 7.89. The maximum atomic E-state index is 13.0. The van der Waals surface area contributed by atoms with Crippen LogP contribution in [0.4, 0.5) is 0 Å². The molecule has 5 nitrogen and oxygen atoms in total. The summed E-state index contributed by atoms with van der Waals surface area (Å²) in [4.78, 5) is 4.25. The molecule has 1 aliphatic rings. The van der Waals surface area contributed by atoms with E-state index in [0.717, 1.165) is 12.8 Å². The average Bonchev–Trinajstić information content (AvgIpc) is 3.22. The molecule has 3 rings (SSSR count). The Balaban J connectivity index is 2.00. The first-order chi connectivity index (χ1) is 10.4. The molecule has 0 N–H and O–H groups in total. The molecule has 0 spiro atoms. The monoisotopic (exact) mass is 359 g/mol. The molecule has 1 aliphatic carbocycles. The number of halogens is 2. The number of hydrogen-bond acceptors (Lipinski definition) is 3. The first-order valence-electron chi connectivity index (χ1n) is 6.82. The van der Waals surface area contributed by atoms with Crippen molar-refractivity contribution in [3.63, 3.8) is 0 Å². The van der Waals surface area contributed by atoms with Crippen molar-refractivity contribution in [1.29, 1.82) is 0 Å². The van der Waals surface area contributed by atoms with Gasteiger partial charge in [0.05, 0.1) is 11.6 Å². The number of rotatable bonds is 5. The zero-order valence-electron chi connectivity index (χ0n) is 11.9. The van der Waals surface area contributed by atoms with Crippen LogP contribution in [-0.4, -0.2) is 28.3 Å². The van der Waals surface area contributed by atoms with Gasteiger partial charge in [0.25, 0.3) is 0 Å². The van der Waals surface area contributed by atoms with E-state index < -0.39 is 10.0 Å². The minimum absolute atomic E-state index is 0.00301. The first kappa shape index (κ1) is 15.8. The lowest BCUT2D eigenvalue weighted by molar-refractivity contribution is 0.385. The van der Waals surface area contributed by atoms with Gasteiger partial charge in [-0.05, 0) is 31.0 Å². The van der Waals surface area contributed by atoms with Crippen molar-refractivity contribution < 1.29 is 8.42 Å². The van der Waals surface area contributed by atoms with Gasteiger partial charge in [0.2, 0.25) is 10.0 Å². The minimum atomic E-state index is -3.72. The van der Waals surface area contributed by atoms with Crippen LogP contribution in [0.5, 0.6) is 0 Å². The zero-order valence-corrected chi connectivity index (χ0v) is 14.2. The molecule has 1 saturated carbocycles. The SMILES string of the molecule is Cn1ccnc1CN(C1CC1)S(=O)(=O)c1cc(Cl)ccc1Cl. The number of benzene rings is 1. The lowest BCUT2D eigenvalue weighted by Gasteiger charge is -2.22. The number of aryl methyl sites for hydroxylation is 1. The normalized spacial score (nSPS) is 15.5. The Kier molecular flexibility index (Phi) is 4.20. The lowest BCUT2D eigenvalue weighted by atomic mass is 10.4. The fraction of sp³-hybridized carbons (Fsp3) is 0.357. The van der Waals surface area contributed by atoms with Crippen molar-refractivity contribution in [2.75, 3.05) is 0 Å². The average molecular weight is 360 g/mol. The van der Waals surface area contributed by atoms with Crippen molar-refractivity contribution in [1.82, 2.24) is 13.9 Å². The van der Waals surface area contributed by atoms with Crippen molar-refractivity contribution in [3.8, 4) is 0 Å². The van der Waals surface area contributed by atoms with Gasteiger partial charge >= 0.3 is 0 Å². The Labute approximate surface area is 139 Å². The Morgan fingerprint density at radius 1 is 1.36 bits per heavy atom. The van der Waals surface area contributed by atoms with Gasteiger partial charge in [0, 0.05) is 30.5 Å². The number of aromatic nitrogens is 2. The van der Waals surface area contributed by atoms with Gasteiger partial charge in [0.1, 0.15) is 10.7 Å². The molecule has 0 saturated heterocycles. The van der Waals surface area contributed by atoms with Crippen LogP contribution in [0.1, 0.15) is 18.7 Å². The van der Waals surface area contributed by atoms with E-state index in [4.69, 9.17) is 23.2 Å². The van der Waals surface area contributed by atoms with Crippen LogP contribution >= 0.6 is 23.2 Å². The van der Waals surface area contributed by atoms with Gasteiger partial charge in [-0.25, -0.2) is 13.4 Å². The number of sulfonamides is 1. The van der Waals surface area contributed by atoms with Crippen LogP contribution in [0.15, 0.2) is 35.5 Å². The molecule has 118 valence electrons. The van der Waals surface area contributed by atoms with Crippen LogP contribution in [0.25, 0.3) is 0 Å². The molecular weight excluding hydrogens is 345 g/mol. The van der Waals surface area contributed by atoms with E-state index in [-0.39, 0.29) is 22.5 Å². The third kappa shape index (κ3) is 3.01. The number of nitrogens with zero attached hydrogens (tertiary/aromatic N) is 3. The lowest BCUT2D eigenvalue weighted by Crippen LogP contribution is -2.33. The van der Waals surface area contributed by atoms with Crippen LogP contribution < -0.4 is 0 Å². The van der Waals surface area contributed by atoms with E-state index in [1.807, 2.05) is 11.6 Å². The fourth-order valence-electron chi connectivity index (χ4n) is 2.26. The van der Waals surface area contributed by atoms with E-state index in [1.165, 1.54) is 16.4 Å². The van der Waals surface area contributed by atoms with Crippen molar-refractivity contribution >= 4 is 33.2 Å². The first-order valence-corrected chi connectivity index (χ1v) is 9.02. The largest absolute Gasteiger partial charge is 0.337 e. The van der Waals surface area contributed by atoms with Crippen LogP contribution in [-0.2, 0) is 23.6 Å². The van der Waals surface area contributed by atoms with Gasteiger partial charge < -0.3 is 4.57 Å². The number of imidazole rings is 1. The highest BCUT2D eigenvalue weighted by Gasteiger charge is 2.39. The van der Waals surface area contributed by atoms with E-state index >= 15 is 0 Å². The molecule has 22 heavy (non-hydrogen) atoms. The van der Waals surface area contributed by atoms with E-state index in [0.29, 0.717) is 10.8 Å². The second-order valence-corrected chi connectivity index (χ2v) is 8.01. The summed E-state index contributed by atoms with van der Waals surface area (Å²) in [6, 6.07) is 4.47. The maximum Gasteiger partial charge on any atom is 0.245 e. The predicted octanol–water partition coefficient (Wildman–Crippen LogP) is 3.08. The smallest absolute Gasteiger partial charge is 0.245 e. The van der Waals surface area contributed by atoms with Gasteiger partial charge in [-0.3, -0.25) is 0 Å². The molecule has 0 radical (unpaired) electrons. The highest BCUT2D eigenvalue weighted by Crippen LogP contribution is 2.36. The summed E-state index contributed by atoms with van der Waals surface area (Å²) in [5.41, 5.74) is 0. The summed E-state index contributed by atoms with van der Waals surface area (Å²) >= 11 is 12.0. The molecule has 1 heterocycles. The van der Waals surface area contributed by atoms with Crippen molar-refractivity contribution in [2.24, 2.45) is 7.05 Å². The van der Waals surface area contributed by atoms with Crippen LogP contribution in [0.2, 0.25) is 10.0 Å². The third-order valence-corrected chi connectivity index (χ3v) is 6.27. The summed E-state index contributed by atoms with van der Waals surface area (Å²) in [6.45, 7) is 0.222. The molecule has 8 heteroatoms. The maximum absolute atomic E-state index is 13.0.